The van der Waals surface area contributed by atoms with Crippen molar-refractivity contribution < 1.29 is 17.4 Å². The van der Waals surface area contributed by atoms with Gasteiger partial charge in [-0.25, -0.2) is 9.97 Å². The van der Waals surface area contributed by atoms with Gasteiger partial charge in [-0.2, -0.15) is 13.2 Å². The van der Waals surface area contributed by atoms with Crippen molar-refractivity contribution >= 4 is 21.7 Å². The van der Waals surface area contributed by atoms with Gasteiger partial charge in [-0.3, -0.25) is 14.0 Å². The number of hydrogen-bond donors (Lipinski definition) is 0. The van der Waals surface area contributed by atoms with Gasteiger partial charge < -0.3 is 4.57 Å². The monoisotopic (exact) mass is 444 g/mol. The molecule has 4 rings (SSSR count). The molecule has 0 fully saturated rings. The summed E-state index contributed by atoms with van der Waals surface area (Å²) in [5, 5.41) is 0.481. The average molecular weight is 444 g/mol. The Morgan fingerprint density at radius 3 is 2.61 bits per heavy atom. The number of alkyl halides is 3. The zero-order valence-corrected chi connectivity index (χ0v) is 16.9. The maximum absolute atomic E-state index is 13.2. The fourth-order valence-corrected chi connectivity index (χ4v) is 3.53. The second-order valence-electron chi connectivity index (χ2n) is 6.79. The van der Waals surface area contributed by atoms with Gasteiger partial charge in [0.05, 0.1) is 28.6 Å². The highest BCUT2D eigenvalue weighted by molar-refractivity contribution is 7.84. The quantitative estimate of drug-likeness (QED) is 0.449. The molecule has 0 amide bonds. The topological polar surface area (TPSA) is 77.7 Å². The summed E-state index contributed by atoms with van der Waals surface area (Å²) in [4.78, 5) is 24.0. The molecule has 0 N–H and O–H groups in total. The van der Waals surface area contributed by atoms with E-state index in [4.69, 9.17) is 0 Å². The molecule has 1 aromatic carbocycles. The molecule has 6 nitrogen and oxygen atoms in total. The molecule has 1 unspecified atom stereocenters. The summed E-state index contributed by atoms with van der Waals surface area (Å²) in [6, 6.07) is 12.7. The van der Waals surface area contributed by atoms with E-state index in [9.17, 15) is 22.2 Å². The molecule has 31 heavy (non-hydrogen) atoms. The van der Waals surface area contributed by atoms with Crippen molar-refractivity contribution in [2.24, 2.45) is 0 Å². The smallest absolute Gasteiger partial charge is 0.310 e. The van der Waals surface area contributed by atoms with Crippen molar-refractivity contribution in [2.75, 3.05) is 6.26 Å². The van der Waals surface area contributed by atoms with Crippen molar-refractivity contribution in [3.05, 3.63) is 82.5 Å². The van der Waals surface area contributed by atoms with Gasteiger partial charge in [0.2, 0.25) is 5.16 Å². The van der Waals surface area contributed by atoms with Crippen LogP contribution in [0.25, 0.3) is 22.2 Å². The lowest BCUT2D eigenvalue weighted by molar-refractivity contribution is -0.141. The Kier molecular flexibility index (Phi) is 5.40. The third-order valence-electron chi connectivity index (χ3n) is 4.55. The highest BCUT2D eigenvalue weighted by atomic mass is 32.2. The molecule has 0 bridgehead atoms. The summed E-state index contributed by atoms with van der Waals surface area (Å²) in [6.07, 6.45) is -0.404. The number of benzene rings is 1. The zero-order chi connectivity index (χ0) is 22.2. The molecule has 1 atom stereocenters. The maximum Gasteiger partial charge on any atom is 0.433 e. The Bertz CT molecular complexity index is 1370. The summed E-state index contributed by atoms with van der Waals surface area (Å²) in [6.45, 7) is 0.210. The van der Waals surface area contributed by atoms with Crippen LogP contribution in [0.2, 0.25) is 0 Å². The van der Waals surface area contributed by atoms with E-state index in [1.54, 1.807) is 6.20 Å². The minimum Gasteiger partial charge on any atom is -0.310 e. The molecule has 0 aliphatic heterocycles. The molecule has 0 spiro atoms. The largest absolute Gasteiger partial charge is 0.433 e. The zero-order valence-electron chi connectivity index (χ0n) is 16.1. The summed E-state index contributed by atoms with van der Waals surface area (Å²) in [5.41, 5.74) is 0.342. The Hall–Kier alpha value is -3.40. The first kappa shape index (κ1) is 20.9. The third-order valence-corrected chi connectivity index (χ3v) is 5.25. The number of pyridine rings is 2. The Balaban J connectivity index is 1.76. The molecular formula is C21H15F3N4O2S. The maximum atomic E-state index is 13.2. The standard InChI is InChI=1S/C21H15F3N4O2S/c1-31(30)20-26-17(10-18(27-20)21(22,23)24)15-5-7-19(29)28(12-15)11-13-4-6-16-14(9-13)3-2-8-25-16/h2-10,12H,11H2,1H3. The van der Waals surface area contributed by atoms with E-state index >= 15 is 0 Å². The van der Waals surface area contributed by atoms with Gasteiger partial charge >= 0.3 is 6.18 Å². The van der Waals surface area contributed by atoms with Crippen LogP contribution in [0, 0.1) is 0 Å². The molecule has 0 aliphatic rings. The molecule has 10 heteroatoms. The van der Waals surface area contributed by atoms with Gasteiger partial charge in [-0.05, 0) is 35.9 Å². The molecule has 0 saturated carbocycles. The van der Waals surface area contributed by atoms with Crippen molar-refractivity contribution in [1.82, 2.24) is 19.5 Å². The van der Waals surface area contributed by atoms with Gasteiger partial charge in [-0.15, -0.1) is 0 Å². The fourth-order valence-electron chi connectivity index (χ4n) is 3.07. The summed E-state index contributed by atoms with van der Waals surface area (Å²) >= 11 is 0. The number of nitrogens with zero attached hydrogens (tertiary/aromatic N) is 4. The number of fused-ring (bicyclic) bond motifs is 1. The number of halogens is 3. The molecule has 158 valence electrons. The second-order valence-corrected chi connectivity index (χ2v) is 8.06. The predicted molar refractivity (Wildman–Crippen MR) is 110 cm³/mol. The number of hydrogen-bond acceptors (Lipinski definition) is 5. The number of rotatable bonds is 4. The van der Waals surface area contributed by atoms with E-state index in [2.05, 4.69) is 15.0 Å². The predicted octanol–water partition coefficient (Wildman–Crippen LogP) is 3.66. The van der Waals surface area contributed by atoms with Gasteiger partial charge in [0, 0.05) is 35.7 Å². The minimum atomic E-state index is -4.72. The van der Waals surface area contributed by atoms with E-state index in [0.717, 1.165) is 22.5 Å². The van der Waals surface area contributed by atoms with E-state index in [1.807, 2.05) is 30.3 Å². The third kappa shape index (κ3) is 4.53. The Morgan fingerprint density at radius 1 is 1.06 bits per heavy atom. The molecule has 0 aliphatic carbocycles. The van der Waals surface area contributed by atoms with Crippen LogP contribution in [-0.4, -0.2) is 30.0 Å². The van der Waals surface area contributed by atoms with Crippen LogP contribution in [0.3, 0.4) is 0 Å². The highest BCUT2D eigenvalue weighted by Crippen LogP contribution is 2.30. The molecule has 0 radical (unpaired) electrons. The van der Waals surface area contributed by atoms with Crippen molar-refractivity contribution in [1.29, 1.82) is 0 Å². The first-order valence-corrected chi connectivity index (χ1v) is 10.6. The Labute approximate surface area is 176 Å². The molecule has 3 aromatic heterocycles. The summed E-state index contributed by atoms with van der Waals surface area (Å²) in [7, 11) is -1.81. The van der Waals surface area contributed by atoms with E-state index in [0.29, 0.717) is 0 Å². The van der Waals surface area contributed by atoms with Crippen LogP contribution < -0.4 is 5.56 Å². The van der Waals surface area contributed by atoms with E-state index in [1.165, 1.54) is 29.2 Å². The molecular weight excluding hydrogens is 429 g/mol. The lowest BCUT2D eigenvalue weighted by atomic mass is 10.1. The SMILES string of the molecule is CS(=O)c1nc(-c2ccc(=O)n(Cc3ccc4ncccc4c3)c2)cc(C(F)(F)F)n1. The van der Waals surface area contributed by atoms with Crippen LogP contribution in [0.4, 0.5) is 13.2 Å². The van der Waals surface area contributed by atoms with Crippen molar-refractivity contribution in [3.8, 4) is 11.3 Å². The minimum absolute atomic E-state index is 0.0658. The van der Waals surface area contributed by atoms with Gasteiger partial charge in [0.1, 0.15) is 5.69 Å². The van der Waals surface area contributed by atoms with Crippen LogP contribution in [0.1, 0.15) is 11.3 Å². The van der Waals surface area contributed by atoms with E-state index in [-0.39, 0.29) is 23.4 Å². The Morgan fingerprint density at radius 2 is 1.87 bits per heavy atom. The lowest BCUT2D eigenvalue weighted by Gasteiger charge is -2.12. The van der Waals surface area contributed by atoms with Crippen LogP contribution in [-0.2, 0) is 23.5 Å². The first-order valence-electron chi connectivity index (χ1n) is 9.05. The highest BCUT2D eigenvalue weighted by Gasteiger charge is 2.34. The van der Waals surface area contributed by atoms with Crippen molar-refractivity contribution in [2.45, 2.75) is 17.9 Å². The molecule has 3 heterocycles. The van der Waals surface area contributed by atoms with Crippen LogP contribution in [0.15, 0.2) is 70.9 Å². The molecule has 4 aromatic rings. The lowest BCUT2D eigenvalue weighted by Crippen LogP contribution is -2.19. The van der Waals surface area contributed by atoms with Gasteiger partial charge in [0.25, 0.3) is 5.56 Å². The van der Waals surface area contributed by atoms with Crippen LogP contribution >= 0.6 is 0 Å². The second kappa shape index (κ2) is 8.03. The number of aromatic nitrogens is 4. The first-order chi connectivity index (χ1) is 14.7. The van der Waals surface area contributed by atoms with Crippen molar-refractivity contribution in [3.63, 3.8) is 0 Å². The normalized spacial score (nSPS) is 12.8. The van der Waals surface area contributed by atoms with Crippen LogP contribution in [0.5, 0.6) is 0 Å². The average Bonchev–Trinajstić information content (AvgIpc) is 2.74. The van der Waals surface area contributed by atoms with Gasteiger partial charge in [-0.1, -0.05) is 12.1 Å². The molecule has 0 saturated heterocycles. The van der Waals surface area contributed by atoms with Gasteiger partial charge in [0.15, 0.2) is 0 Å². The van der Waals surface area contributed by atoms with E-state index < -0.39 is 27.8 Å². The summed E-state index contributed by atoms with van der Waals surface area (Å²) < 4.78 is 52.8. The summed E-state index contributed by atoms with van der Waals surface area (Å²) in [5.74, 6) is 0. The fraction of sp³-hybridized carbons (Fsp3) is 0.143.